The molecule has 0 bridgehead atoms. The molecule has 1 N–H and O–H groups in total. The summed E-state index contributed by atoms with van der Waals surface area (Å²) >= 11 is 6.23. The molecule has 3 nitrogen and oxygen atoms in total. The summed E-state index contributed by atoms with van der Waals surface area (Å²) in [6.07, 6.45) is 0. The van der Waals surface area contributed by atoms with Gasteiger partial charge in [0, 0.05) is 25.7 Å². The average molecular weight is 322 g/mol. The first-order valence-corrected chi connectivity index (χ1v) is 11.1. The van der Waals surface area contributed by atoms with Crippen molar-refractivity contribution in [1.82, 2.24) is 15.1 Å². The normalized spacial score (nSPS) is 11.9. The van der Waals surface area contributed by atoms with Crippen LogP contribution in [0.4, 0.5) is 0 Å². The first-order valence-electron chi connectivity index (χ1n) is 7.27. The van der Waals surface area contributed by atoms with Crippen molar-refractivity contribution in [1.29, 1.82) is 0 Å². The van der Waals surface area contributed by atoms with Gasteiger partial charge in [-0.1, -0.05) is 60.7 Å². The summed E-state index contributed by atoms with van der Waals surface area (Å²) in [5.74, 6) is 0. The Balaban J connectivity index is 1.95. The molecular weight excluding hydrogens is 298 g/mol. The van der Waals surface area contributed by atoms with E-state index in [1.807, 2.05) is 14.0 Å². The van der Waals surface area contributed by atoms with Crippen LogP contribution in [0.15, 0.2) is 24.3 Å². The van der Waals surface area contributed by atoms with E-state index in [2.05, 4.69) is 54.3 Å². The monoisotopic (exact) mass is 321 g/mol. The van der Waals surface area contributed by atoms with Crippen molar-refractivity contribution >= 4 is 24.9 Å². The lowest BCUT2D eigenvalue weighted by molar-refractivity contribution is 0.690. The highest BCUT2D eigenvalue weighted by molar-refractivity contribution is 6.88. The topological polar surface area (TPSA) is 29.9 Å². The average Bonchev–Trinajstić information content (AvgIpc) is 2.64. The molecule has 1 heterocycles. The van der Waals surface area contributed by atoms with Crippen LogP contribution in [0.5, 0.6) is 0 Å². The van der Waals surface area contributed by atoms with Gasteiger partial charge in [-0.25, -0.2) is 0 Å². The highest BCUT2D eigenvalue weighted by Gasteiger charge is 2.15. The summed E-state index contributed by atoms with van der Waals surface area (Å²) in [5.41, 5.74) is 3.37. The van der Waals surface area contributed by atoms with Crippen molar-refractivity contribution in [2.45, 2.75) is 39.7 Å². The van der Waals surface area contributed by atoms with E-state index in [4.69, 9.17) is 11.6 Å². The van der Waals surface area contributed by atoms with E-state index in [0.717, 1.165) is 24.3 Å². The van der Waals surface area contributed by atoms with Crippen LogP contribution in [0.25, 0.3) is 0 Å². The van der Waals surface area contributed by atoms with Crippen molar-refractivity contribution < 1.29 is 0 Å². The number of nitrogens with zero attached hydrogens (tertiary/aromatic N) is 2. The van der Waals surface area contributed by atoms with Crippen LogP contribution in [0.2, 0.25) is 24.8 Å². The van der Waals surface area contributed by atoms with Crippen LogP contribution in [-0.2, 0) is 20.1 Å². The summed E-state index contributed by atoms with van der Waals surface area (Å²) < 4.78 is 1.72. The van der Waals surface area contributed by atoms with E-state index in [-0.39, 0.29) is 0 Å². The molecule has 0 spiro atoms. The molecule has 21 heavy (non-hydrogen) atoms. The van der Waals surface area contributed by atoms with E-state index in [1.165, 1.54) is 10.8 Å². The smallest absolute Gasteiger partial charge is 0.131 e. The number of aryl methyl sites for hydroxylation is 2. The third-order valence-electron chi connectivity index (χ3n) is 3.72. The number of nitrogens with one attached hydrogen (secondary N) is 1. The molecule has 0 aliphatic rings. The SMILES string of the molecule is Cc1nn(C)c(Cl)c1CNCc1ccc([Si](C)(C)C)cc1. The number of hydrogen-bond acceptors (Lipinski definition) is 2. The van der Waals surface area contributed by atoms with Gasteiger partial charge in [0.1, 0.15) is 5.15 Å². The summed E-state index contributed by atoms with van der Waals surface area (Å²) in [7, 11) is 0.668. The maximum absolute atomic E-state index is 6.23. The minimum atomic E-state index is -1.20. The molecule has 1 aromatic carbocycles. The summed E-state index contributed by atoms with van der Waals surface area (Å²) in [6.45, 7) is 10.7. The fourth-order valence-corrected chi connectivity index (χ4v) is 3.74. The quantitative estimate of drug-likeness (QED) is 0.857. The molecule has 0 saturated heterocycles. The van der Waals surface area contributed by atoms with Crippen LogP contribution in [0.1, 0.15) is 16.8 Å². The molecule has 0 aliphatic carbocycles. The molecule has 2 rings (SSSR count). The molecular formula is C16H24ClN3Si. The number of benzene rings is 1. The molecule has 5 heteroatoms. The van der Waals surface area contributed by atoms with Gasteiger partial charge >= 0.3 is 0 Å². The predicted octanol–water partition coefficient (Wildman–Crippen LogP) is 3.22. The molecule has 0 fully saturated rings. The van der Waals surface area contributed by atoms with Gasteiger partial charge < -0.3 is 5.32 Å². The summed E-state index contributed by atoms with van der Waals surface area (Å²) in [6, 6.07) is 8.98. The number of rotatable bonds is 5. The molecule has 2 aromatic rings. The van der Waals surface area contributed by atoms with Gasteiger partial charge in [-0.15, -0.1) is 0 Å². The standard InChI is InChI=1S/C16H24ClN3Si/c1-12-15(16(17)20(2)19-12)11-18-10-13-6-8-14(9-7-13)21(3,4)5/h6-9,18H,10-11H2,1-5H3. The van der Waals surface area contributed by atoms with Gasteiger partial charge in [-0.2, -0.15) is 5.10 Å². The molecule has 0 unspecified atom stereocenters. The zero-order valence-corrected chi connectivity index (χ0v) is 15.3. The van der Waals surface area contributed by atoms with Gasteiger partial charge in [-0.05, 0) is 12.5 Å². The number of halogens is 1. The fraction of sp³-hybridized carbons (Fsp3) is 0.438. The van der Waals surface area contributed by atoms with Crippen LogP contribution in [-0.4, -0.2) is 17.9 Å². The van der Waals surface area contributed by atoms with Crippen molar-refractivity contribution in [2.24, 2.45) is 7.05 Å². The van der Waals surface area contributed by atoms with Gasteiger partial charge in [0.05, 0.1) is 13.8 Å². The van der Waals surface area contributed by atoms with Crippen LogP contribution in [0, 0.1) is 6.92 Å². The molecule has 0 amide bonds. The van der Waals surface area contributed by atoms with Gasteiger partial charge in [0.25, 0.3) is 0 Å². The Bertz CT molecular complexity index is 612. The van der Waals surface area contributed by atoms with E-state index < -0.39 is 8.07 Å². The lowest BCUT2D eigenvalue weighted by atomic mass is 10.2. The zero-order chi connectivity index (χ0) is 15.6. The minimum Gasteiger partial charge on any atom is -0.308 e. The van der Waals surface area contributed by atoms with Crippen molar-refractivity contribution in [2.75, 3.05) is 0 Å². The summed E-state index contributed by atoms with van der Waals surface area (Å²) in [5, 5.41) is 9.98. The Morgan fingerprint density at radius 1 is 1.14 bits per heavy atom. The van der Waals surface area contributed by atoms with Crippen LogP contribution in [0.3, 0.4) is 0 Å². The van der Waals surface area contributed by atoms with Crippen molar-refractivity contribution in [3.05, 3.63) is 46.2 Å². The largest absolute Gasteiger partial charge is 0.308 e. The number of hydrogen-bond donors (Lipinski definition) is 1. The highest BCUT2D eigenvalue weighted by atomic mass is 35.5. The third kappa shape index (κ3) is 3.96. The molecule has 0 saturated carbocycles. The van der Waals surface area contributed by atoms with Gasteiger partial charge in [0.15, 0.2) is 0 Å². The van der Waals surface area contributed by atoms with Crippen LogP contribution < -0.4 is 10.5 Å². The maximum Gasteiger partial charge on any atom is 0.131 e. The maximum atomic E-state index is 6.23. The second-order valence-corrected chi connectivity index (χ2v) is 12.0. The Morgan fingerprint density at radius 3 is 2.24 bits per heavy atom. The Hall–Kier alpha value is -1.10. The second kappa shape index (κ2) is 6.34. The minimum absolute atomic E-state index is 0.717. The molecule has 0 aliphatic heterocycles. The zero-order valence-electron chi connectivity index (χ0n) is 13.5. The first-order chi connectivity index (χ1) is 9.79. The fourth-order valence-electron chi connectivity index (χ4n) is 2.33. The molecule has 1 aromatic heterocycles. The van der Waals surface area contributed by atoms with Crippen LogP contribution >= 0.6 is 11.6 Å². The predicted molar refractivity (Wildman–Crippen MR) is 92.9 cm³/mol. The highest BCUT2D eigenvalue weighted by Crippen LogP contribution is 2.18. The Labute approximate surface area is 133 Å². The Kier molecular flexibility index (Phi) is 4.91. The third-order valence-corrected chi connectivity index (χ3v) is 6.26. The molecule has 0 radical (unpaired) electrons. The molecule has 114 valence electrons. The van der Waals surface area contributed by atoms with E-state index >= 15 is 0 Å². The number of aromatic nitrogens is 2. The van der Waals surface area contributed by atoms with E-state index in [9.17, 15) is 0 Å². The second-order valence-electron chi connectivity index (χ2n) is 6.53. The van der Waals surface area contributed by atoms with Crippen molar-refractivity contribution in [3.8, 4) is 0 Å². The summed E-state index contributed by atoms with van der Waals surface area (Å²) in [4.78, 5) is 0. The molecule has 0 atom stereocenters. The van der Waals surface area contributed by atoms with Crippen molar-refractivity contribution in [3.63, 3.8) is 0 Å². The van der Waals surface area contributed by atoms with Gasteiger partial charge in [0.2, 0.25) is 0 Å². The lowest BCUT2D eigenvalue weighted by Crippen LogP contribution is -2.37. The first kappa shape index (κ1) is 16.3. The lowest BCUT2D eigenvalue weighted by Gasteiger charge is -2.16. The van der Waals surface area contributed by atoms with Gasteiger partial charge in [-0.3, -0.25) is 4.68 Å². The Morgan fingerprint density at radius 2 is 1.76 bits per heavy atom. The van der Waals surface area contributed by atoms with E-state index in [0.29, 0.717) is 5.15 Å². The van der Waals surface area contributed by atoms with E-state index in [1.54, 1.807) is 4.68 Å².